The van der Waals surface area contributed by atoms with Crippen LogP contribution in [0.25, 0.3) is 0 Å². The summed E-state index contributed by atoms with van der Waals surface area (Å²) in [5.41, 5.74) is 0. The van der Waals surface area contributed by atoms with Gasteiger partial charge in [0, 0.05) is 20.1 Å². The van der Waals surface area contributed by atoms with Crippen molar-refractivity contribution in [3.63, 3.8) is 0 Å². The highest BCUT2D eigenvalue weighted by Gasteiger charge is 1.95. The monoisotopic (exact) mass is 263 g/mol. The van der Waals surface area contributed by atoms with Gasteiger partial charge in [-0.3, -0.25) is 4.79 Å². The van der Waals surface area contributed by atoms with Crippen LogP contribution in [0.15, 0.2) is 0 Å². The number of hydrogen-bond donors (Lipinski definition) is 1. The van der Waals surface area contributed by atoms with Gasteiger partial charge in [-0.25, -0.2) is 0 Å². The molecule has 18 heavy (non-hydrogen) atoms. The third kappa shape index (κ3) is 13.4. The molecule has 0 aliphatic rings. The molecular formula is C12H25NO5. The van der Waals surface area contributed by atoms with Crippen molar-refractivity contribution in [1.82, 2.24) is 5.32 Å². The molecule has 0 saturated heterocycles. The van der Waals surface area contributed by atoms with Crippen LogP contribution in [0, 0.1) is 0 Å². The number of ether oxygens (including phenoxy) is 4. The van der Waals surface area contributed by atoms with Gasteiger partial charge in [-0.1, -0.05) is 6.92 Å². The minimum absolute atomic E-state index is 0.0445. The van der Waals surface area contributed by atoms with E-state index in [0.717, 1.165) is 0 Å². The number of methoxy groups -OCH3 is 1. The predicted octanol–water partition coefficient (Wildman–Crippen LogP) is 0.209. The van der Waals surface area contributed by atoms with Crippen LogP contribution in [0.3, 0.4) is 0 Å². The molecule has 1 N–H and O–H groups in total. The molecule has 0 radical (unpaired) electrons. The maximum atomic E-state index is 10.9. The molecule has 0 aromatic carbocycles. The van der Waals surface area contributed by atoms with Crippen LogP contribution < -0.4 is 5.32 Å². The van der Waals surface area contributed by atoms with E-state index in [1.165, 1.54) is 0 Å². The summed E-state index contributed by atoms with van der Waals surface area (Å²) >= 11 is 0. The van der Waals surface area contributed by atoms with Crippen molar-refractivity contribution in [3.8, 4) is 0 Å². The molecule has 0 spiro atoms. The first kappa shape index (κ1) is 17.3. The molecule has 0 heterocycles. The number of amides is 1. The second-order valence-corrected chi connectivity index (χ2v) is 3.53. The van der Waals surface area contributed by atoms with Crippen molar-refractivity contribution in [1.29, 1.82) is 0 Å². The van der Waals surface area contributed by atoms with Gasteiger partial charge in [0.1, 0.15) is 0 Å². The molecule has 0 aromatic heterocycles. The standard InChI is InChI=1S/C12H25NO5/c1-3-12(14)13-4-5-16-8-9-18-11-10-17-7-6-15-2/h3-11H2,1-2H3,(H,13,14). The summed E-state index contributed by atoms with van der Waals surface area (Å²) in [5, 5.41) is 2.73. The second kappa shape index (κ2) is 14.4. The summed E-state index contributed by atoms with van der Waals surface area (Å²) in [4.78, 5) is 10.9. The fraction of sp³-hybridized carbons (Fsp3) is 0.917. The van der Waals surface area contributed by atoms with Gasteiger partial charge in [-0.2, -0.15) is 0 Å². The smallest absolute Gasteiger partial charge is 0.219 e. The highest BCUT2D eigenvalue weighted by Crippen LogP contribution is 1.82. The molecule has 6 heteroatoms. The molecule has 0 aliphatic heterocycles. The summed E-state index contributed by atoms with van der Waals surface area (Å²) < 4.78 is 20.6. The van der Waals surface area contributed by atoms with E-state index >= 15 is 0 Å². The van der Waals surface area contributed by atoms with E-state index in [0.29, 0.717) is 59.2 Å². The van der Waals surface area contributed by atoms with Crippen LogP contribution in [0.4, 0.5) is 0 Å². The van der Waals surface area contributed by atoms with Crippen LogP contribution in [-0.4, -0.2) is 65.8 Å². The first-order chi connectivity index (χ1) is 8.81. The summed E-state index contributed by atoms with van der Waals surface area (Å²) in [7, 11) is 1.64. The summed E-state index contributed by atoms with van der Waals surface area (Å²) in [6.07, 6.45) is 0.506. The van der Waals surface area contributed by atoms with E-state index < -0.39 is 0 Å². The molecular weight excluding hydrogens is 238 g/mol. The zero-order chi connectivity index (χ0) is 13.5. The minimum atomic E-state index is 0.0445. The van der Waals surface area contributed by atoms with Crippen molar-refractivity contribution in [2.24, 2.45) is 0 Å². The molecule has 6 nitrogen and oxygen atoms in total. The zero-order valence-electron chi connectivity index (χ0n) is 11.4. The summed E-state index contributed by atoms with van der Waals surface area (Å²) in [6, 6.07) is 0. The van der Waals surface area contributed by atoms with Gasteiger partial charge < -0.3 is 24.3 Å². The van der Waals surface area contributed by atoms with Crippen molar-refractivity contribution < 1.29 is 23.7 Å². The van der Waals surface area contributed by atoms with Gasteiger partial charge in [-0.05, 0) is 0 Å². The lowest BCUT2D eigenvalue weighted by molar-refractivity contribution is -0.121. The Morgan fingerprint density at radius 3 is 1.89 bits per heavy atom. The summed E-state index contributed by atoms with van der Waals surface area (Å²) in [5.74, 6) is 0.0445. The van der Waals surface area contributed by atoms with Gasteiger partial charge in [0.2, 0.25) is 5.91 Å². The molecule has 0 rings (SSSR count). The SMILES string of the molecule is CCC(=O)NCCOCCOCCOCCOC. The fourth-order valence-corrected chi connectivity index (χ4v) is 1.07. The Balaban J connectivity index is 2.97. The lowest BCUT2D eigenvalue weighted by Gasteiger charge is -2.07. The van der Waals surface area contributed by atoms with Crippen molar-refractivity contribution >= 4 is 5.91 Å². The average molecular weight is 263 g/mol. The normalized spacial score (nSPS) is 10.6. The maximum absolute atomic E-state index is 10.9. The van der Waals surface area contributed by atoms with E-state index in [1.54, 1.807) is 7.11 Å². The third-order valence-corrected chi connectivity index (χ3v) is 2.07. The van der Waals surface area contributed by atoms with Crippen LogP contribution in [0.1, 0.15) is 13.3 Å². The highest BCUT2D eigenvalue weighted by atomic mass is 16.6. The van der Waals surface area contributed by atoms with E-state index in [4.69, 9.17) is 18.9 Å². The molecule has 0 aromatic rings. The number of carbonyl (C=O) groups is 1. The Morgan fingerprint density at radius 1 is 0.889 bits per heavy atom. The number of hydrogen-bond acceptors (Lipinski definition) is 5. The molecule has 1 amide bonds. The Morgan fingerprint density at radius 2 is 1.39 bits per heavy atom. The topological polar surface area (TPSA) is 66.0 Å². The third-order valence-electron chi connectivity index (χ3n) is 2.07. The first-order valence-electron chi connectivity index (χ1n) is 6.30. The van der Waals surface area contributed by atoms with E-state index in [2.05, 4.69) is 5.32 Å². The van der Waals surface area contributed by atoms with Crippen molar-refractivity contribution in [2.75, 3.05) is 59.9 Å². The van der Waals surface area contributed by atoms with Gasteiger partial charge in [0.25, 0.3) is 0 Å². The van der Waals surface area contributed by atoms with Gasteiger partial charge in [0.05, 0.1) is 46.2 Å². The first-order valence-corrected chi connectivity index (χ1v) is 6.30. The maximum Gasteiger partial charge on any atom is 0.219 e. The number of carbonyl (C=O) groups excluding carboxylic acids is 1. The minimum Gasteiger partial charge on any atom is -0.382 e. The fourth-order valence-electron chi connectivity index (χ4n) is 1.07. The largest absolute Gasteiger partial charge is 0.382 e. The molecule has 0 fully saturated rings. The van der Waals surface area contributed by atoms with Crippen LogP contribution >= 0.6 is 0 Å². The Labute approximate surface area is 109 Å². The van der Waals surface area contributed by atoms with Gasteiger partial charge in [0.15, 0.2) is 0 Å². The van der Waals surface area contributed by atoms with E-state index in [9.17, 15) is 4.79 Å². The number of rotatable bonds is 13. The molecule has 108 valence electrons. The molecule has 0 aliphatic carbocycles. The Kier molecular flexibility index (Phi) is 13.8. The summed E-state index contributed by atoms with van der Waals surface area (Å²) in [6.45, 7) is 6.26. The van der Waals surface area contributed by atoms with Crippen LogP contribution in [-0.2, 0) is 23.7 Å². The molecule has 0 unspecified atom stereocenters. The lowest BCUT2D eigenvalue weighted by Crippen LogP contribution is -2.26. The van der Waals surface area contributed by atoms with Gasteiger partial charge in [-0.15, -0.1) is 0 Å². The van der Waals surface area contributed by atoms with E-state index in [1.807, 2.05) is 6.92 Å². The molecule has 0 saturated carbocycles. The average Bonchev–Trinajstić information content (AvgIpc) is 2.39. The van der Waals surface area contributed by atoms with Crippen LogP contribution in [0.5, 0.6) is 0 Å². The van der Waals surface area contributed by atoms with Crippen molar-refractivity contribution in [2.45, 2.75) is 13.3 Å². The Hall–Kier alpha value is -0.690. The van der Waals surface area contributed by atoms with Gasteiger partial charge >= 0.3 is 0 Å². The molecule has 0 atom stereocenters. The quantitative estimate of drug-likeness (QED) is 0.481. The van der Waals surface area contributed by atoms with Crippen LogP contribution in [0.2, 0.25) is 0 Å². The van der Waals surface area contributed by atoms with Crippen molar-refractivity contribution in [3.05, 3.63) is 0 Å². The lowest BCUT2D eigenvalue weighted by atomic mass is 10.4. The number of nitrogens with one attached hydrogen (secondary N) is 1. The second-order valence-electron chi connectivity index (χ2n) is 3.53. The van der Waals surface area contributed by atoms with E-state index in [-0.39, 0.29) is 5.91 Å². The molecule has 0 bridgehead atoms. The highest BCUT2D eigenvalue weighted by molar-refractivity contribution is 5.75. The Bertz CT molecular complexity index is 189. The zero-order valence-corrected chi connectivity index (χ0v) is 11.4. The predicted molar refractivity (Wildman–Crippen MR) is 67.6 cm³/mol.